The fourth-order valence-electron chi connectivity index (χ4n) is 16.9. The number of aliphatic hydroxyl groups excluding tert-OH is 17. The Balaban J connectivity index is 1.32. The molecule has 0 aromatic carbocycles. The van der Waals surface area contributed by atoms with Crippen LogP contribution in [-0.2, 0) is 80.9 Å². The van der Waals surface area contributed by atoms with Gasteiger partial charge >= 0.3 is 17.9 Å². The van der Waals surface area contributed by atoms with Crippen LogP contribution in [0.25, 0.3) is 0 Å². The highest BCUT2D eigenvalue weighted by Crippen LogP contribution is 2.43. The van der Waals surface area contributed by atoms with Gasteiger partial charge in [0.25, 0.3) is 17.4 Å². The smallest absolute Gasteiger partial charge is 0.364 e. The van der Waals surface area contributed by atoms with Crippen molar-refractivity contribution >= 4 is 41.5 Å². The Morgan fingerprint density at radius 3 is 1.17 bits per heavy atom. The Morgan fingerprint density at radius 2 is 0.789 bits per heavy atom. The average molecular weight is 1850 g/mol. The minimum absolute atomic E-state index is 0.119. The fourth-order valence-corrected chi connectivity index (χ4v) is 16.9. The molecule has 41 heteroatoms. The Labute approximate surface area is 748 Å². The Hall–Kier alpha value is -5.31. The zero-order chi connectivity index (χ0) is 94.8. The number of unbranched alkanes of at least 4 members (excludes halogenated alkanes) is 28. The van der Waals surface area contributed by atoms with Gasteiger partial charge in [0.2, 0.25) is 23.6 Å². The second kappa shape index (κ2) is 58.8. The van der Waals surface area contributed by atoms with Crippen LogP contribution < -0.4 is 21.3 Å². The monoisotopic (exact) mass is 1850 g/mol. The number of carbonyl (C=O) groups is 7. The largest absolute Gasteiger partial charge is 0.477 e. The summed E-state index contributed by atoms with van der Waals surface area (Å²) in [5.74, 6) is -20.6. The number of rotatable bonds is 64. The molecular formula is C87H152N4O37. The van der Waals surface area contributed by atoms with E-state index in [-0.39, 0.29) is 6.42 Å². The number of carbonyl (C=O) groups excluding carboxylic acids is 4. The van der Waals surface area contributed by atoms with Gasteiger partial charge in [-0.2, -0.15) is 0 Å². The van der Waals surface area contributed by atoms with Gasteiger partial charge in [0.05, 0.1) is 88.2 Å². The van der Waals surface area contributed by atoms with E-state index in [4.69, 9.17) is 47.4 Å². The van der Waals surface area contributed by atoms with Crippen LogP contribution in [0.1, 0.15) is 259 Å². The molecule has 128 heavy (non-hydrogen) atoms. The number of aliphatic carboxylic acids is 3. The van der Waals surface area contributed by atoms with Crippen molar-refractivity contribution in [2.75, 3.05) is 39.6 Å². The Kier molecular flexibility index (Phi) is 52.0. The van der Waals surface area contributed by atoms with E-state index in [0.717, 1.165) is 97.8 Å². The maximum atomic E-state index is 13.8. The molecule has 5 heterocycles. The third-order valence-corrected chi connectivity index (χ3v) is 24.1. The topological polar surface area (TPSA) is 665 Å². The van der Waals surface area contributed by atoms with E-state index in [1.165, 1.54) is 115 Å². The van der Waals surface area contributed by atoms with Gasteiger partial charge in [-0.1, -0.05) is 192 Å². The number of hydrogen-bond donors (Lipinski definition) is 24. The Bertz CT molecular complexity index is 3260. The SMILES string of the molecule is CCCCCCCCC=CCCCCCCCCCCCCCC(=O)NC(COC1OC(CO)C(OC2OC(CO)C(O)C(OC3(C(=O)O)CC(O)C(NC(C)=O)C(C(O)C(CO)OC4(C(=O)O)CC(O)C(NC(C)=O)C(C(O)C(CO)OC5(C(=O)O)CC(O)C(NC(C)=O)C(C(O)C(O)CO)O5)O4)O3)C2O)C(O)C1O)C(O)C=CCCCCCCCCCCCCC. The van der Waals surface area contributed by atoms with Gasteiger partial charge in [0.15, 0.2) is 12.6 Å². The molecule has 5 saturated heterocycles. The van der Waals surface area contributed by atoms with Crippen molar-refractivity contribution in [3.05, 3.63) is 24.3 Å². The molecule has 30 unspecified atom stereocenters. The minimum Gasteiger partial charge on any atom is -0.477 e. The summed E-state index contributed by atoms with van der Waals surface area (Å²) in [5, 5.41) is 235. The molecule has 0 bridgehead atoms. The van der Waals surface area contributed by atoms with Gasteiger partial charge in [-0.3, -0.25) is 19.2 Å². The van der Waals surface area contributed by atoms with Crippen LogP contribution in [0, 0.1) is 0 Å². The zero-order valence-electron chi connectivity index (χ0n) is 74.8. The van der Waals surface area contributed by atoms with Crippen LogP contribution in [0.4, 0.5) is 0 Å². The standard InChI is InChI=1S/C87H152N4O37/c1-6-8-10-12-14-16-18-20-21-22-23-24-25-26-27-29-31-33-35-37-39-41-64(105)91-54(55(100)40-38-36-34-32-30-28-19-17-15-13-11-9-7-2)50-119-80-73(111)72(110)75(63(49-96)121-80)122-81-74(112)79(69(107)60(46-93)120-81)128-87(84(117)118)44-58(103)67(90-53(5)99)78(127-87)71(109)62(48-95)124-86(83(115)116)43-57(102)66(89-52(4)98)77(126-86)70(108)61(47-94)123-85(82(113)114)42-56(101)65(88-51(3)97)76(125-85)68(106)59(104)45-92/h20-21,38,40,54-63,65-81,92-96,100-104,106-112H,6-19,22-37,39,41-50H2,1-5H3,(H,88,97)(H,89,98)(H,90,99)(H,91,105)(H,113,114)(H,115,116)(H,117,118). The molecular weight excluding hydrogens is 1690 g/mol. The van der Waals surface area contributed by atoms with E-state index < -0.39 is 283 Å². The maximum Gasteiger partial charge on any atom is 0.364 e. The van der Waals surface area contributed by atoms with Crippen molar-refractivity contribution in [3.63, 3.8) is 0 Å². The van der Waals surface area contributed by atoms with Crippen molar-refractivity contribution in [1.82, 2.24) is 21.3 Å². The summed E-state index contributed by atoms with van der Waals surface area (Å²) in [6.45, 7) is -0.0661. The quantitative estimate of drug-likeness (QED) is 0.0273. The van der Waals surface area contributed by atoms with E-state index >= 15 is 0 Å². The lowest BCUT2D eigenvalue weighted by Gasteiger charge is -2.51. The highest BCUT2D eigenvalue weighted by molar-refractivity contribution is 5.79. The third-order valence-electron chi connectivity index (χ3n) is 24.1. The van der Waals surface area contributed by atoms with Crippen molar-refractivity contribution in [3.8, 4) is 0 Å². The summed E-state index contributed by atoms with van der Waals surface area (Å²) >= 11 is 0. The van der Waals surface area contributed by atoms with Crippen LogP contribution >= 0.6 is 0 Å². The molecule has 0 aromatic rings. The number of aliphatic hydroxyl groups is 17. The summed E-state index contributed by atoms with van der Waals surface area (Å²) in [6, 6.07) is -7.03. The first-order chi connectivity index (χ1) is 61.0. The second-order valence-corrected chi connectivity index (χ2v) is 34.6. The lowest BCUT2D eigenvalue weighted by Crippen LogP contribution is -2.72. The second-order valence-electron chi connectivity index (χ2n) is 34.6. The van der Waals surface area contributed by atoms with Crippen LogP contribution in [0.15, 0.2) is 24.3 Å². The molecule has 0 aliphatic carbocycles. The number of nitrogens with one attached hydrogen (secondary N) is 4. The van der Waals surface area contributed by atoms with Gasteiger partial charge < -0.3 is 171 Å². The number of allylic oxidation sites excluding steroid dienone is 3. The molecule has 0 saturated carbocycles. The third kappa shape index (κ3) is 34.9. The molecule has 41 nitrogen and oxygen atoms in total. The highest BCUT2D eigenvalue weighted by Gasteiger charge is 2.64. The number of carboxylic acids is 3. The predicted octanol–water partition coefficient (Wildman–Crippen LogP) is -0.370. The molecule has 5 aliphatic rings. The van der Waals surface area contributed by atoms with Crippen molar-refractivity contribution in [2.24, 2.45) is 0 Å². The minimum atomic E-state index is -3.58. The molecule has 742 valence electrons. The van der Waals surface area contributed by atoms with Crippen LogP contribution in [0.2, 0.25) is 0 Å². The van der Waals surface area contributed by atoms with E-state index in [2.05, 4.69) is 47.3 Å². The molecule has 0 aromatic heterocycles. The summed E-state index contributed by atoms with van der Waals surface area (Å²) in [4.78, 5) is 92.3. The van der Waals surface area contributed by atoms with Gasteiger partial charge in [-0.15, -0.1) is 0 Å². The van der Waals surface area contributed by atoms with Gasteiger partial charge in [-0.05, 0) is 44.9 Å². The number of hydrogen-bond acceptors (Lipinski definition) is 34. The van der Waals surface area contributed by atoms with E-state index in [0.29, 0.717) is 12.8 Å². The average Bonchev–Trinajstić information content (AvgIpc) is 0.748. The van der Waals surface area contributed by atoms with E-state index in [1.807, 2.05) is 0 Å². The van der Waals surface area contributed by atoms with Gasteiger partial charge in [0.1, 0.15) is 104 Å². The summed E-state index contributed by atoms with van der Waals surface area (Å²) in [5.41, 5.74) is 0. The first kappa shape index (κ1) is 113. The molecule has 4 amide bonds. The van der Waals surface area contributed by atoms with Gasteiger partial charge in [-0.25, -0.2) is 14.4 Å². The number of ether oxygens (including phenoxy) is 10. The summed E-state index contributed by atoms with van der Waals surface area (Å²) in [7, 11) is 0. The molecule has 0 spiro atoms. The van der Waals surface area contributed by atoms with Crippen molar-refractivity contribution in [2.45, 2.75) is 442 Å². The Morgan fingerprint density at radius 1 is 0.422 bits per heavy atom. The number of carboxylic acid groups (broad SMARTS) is 3. The first-order valence-corrected chi connectivity index (χ1v) is 46.0. The van der Waals surface area contributed by atoms with E-state index in [1.54, 1.807) is 6.08 Å². The molecule has 5 rings (SSSR count). The zero-order valence-corrected chi connectivity index (χ0v) is 74.8. The highest BCUT2D eigenvalue weighted by atomic mass is 16.8. The lowest BCUT2D eigenvalue weighted by molar-refractivity contribution is -0.388. The molecule has 24 N–H and O–H groups in total. The van der Waals surface area contributed by atoms with Crippen LogP contribution in [0.3, 0.4) is 0 Å². The van der Waals surface area contributed by atoms with Gasteiger partial charge in [0, 0.05) is 46.5 Å². The number of amides is 4. The van der Waals surface area contributed by atoms with Crippen molar-refractivity contribution < 1.29 is 183 Å². The lowest BCUT2D eigenvalue weighted by atomic mass is 9.86. The maximum absolute atomic E-state index is 13.8. The summed E-state index contributed by atoms with van der Waals surface area (Å²) in [6.07, 6.45) is -13.1. The molecule has 5 aliphatic heterocycles. The fraction of sp³-hybridized carbons (Fsp3) is 0.874. The van der Waals surface area contributed by atoms with Crippen LogP contribution in [0.5, 0.6) is 0 Å². The predicted molar refractivity (Wildman–Crippen MR) is 452 cm³/mol. The normalized spacial score (nSPS) is 31.8. The summed E-state index contributed by atoms with van der Waals surface area (Å²) < 4.78 is 58.3. The van der Waals surface area contributed by atoms with Crippen LogP contribution in [-0.4, -0.2) is 366 Å². The molecule has 5 fully saturated rings. The molecule has 0 radical (unpaired) electrons. The molecule has 30 atom stereocenters. The van der Waals surface area contributed by atoms with E-state index in [9.17, 15) is 136 Å². The first-order valence-electron chi connectivity index (χ1n) is 46.0. The van der Waals surface area contributed by atoms with Crippen molar-refractivity contribution in [1.29, 1.82) is 0 Å².